The number of amides is 1. The second kappa shape index (κ2) is 3.97. The molecule has 3 fully saturated rings. The molecule has 1 amide bonds. The minimum Gasteiger partial charge on any atom is -0.338 e. The lowest BCUT2D eigenvalue weighted by molar-refractivity contribution is -0.132. The van der Waals surface area contributed by atoms with Crippen LogP contribution in [-0.4, -0.2) is 37.8 Å². The molecule has 2 aromatic heterocycles. The molecular weight excluding hydrogens is 288 g/mol. The van der Waals surface area contributed by atoms with Crippen LogP contribution in [0.15, 0.2) is 18.6 Å². The molecule has 2 aliphatic heterocycles. The fourth-order valence-corrected chi connectivity index (χ4v) is 4.45. The van der Waals surface area contributed by atoms with E-state index in [2.05, 4.69) is 14.9 Å². The summed E-state index contributed by atoms with van der Waals surface area (Å²) >= 11 is 6.11. The molecule has 2 saturated heterocycles. The zero-order valence-electron chi connectivity index (χ0n) is 11.4. The monoisotopic (exact) mass is 302 g/mol. The van der Waals surface area contributed by atoms with Gasteiger partial charge in [-0.2, -0.15) is 0 Å². The van der Waals surface area contributed by atoms with Gasteiger partial charge >= 0.3 is 0 Å². The Kier molecular flexibility index (Phi) is 2.27. The predicted molar refractivity (Wildman–Crippen MR) is 77.1 cm³/mol. The van der Waals surface area contributed by atoms with Gasteiger partial charge in [-0.05, 0) is 25.2 Å². The molecule has 5 rings (SSSR count). The molecule has 4 heterocycles. The summed E-state index contributed by atoms with van der Waals surface area (Å²) in [5.41, 5.74) is 0.840. The zero-order chi connectivity index (χ0) is 14.1. The number of imidazole rings is 1. The average Bonchev–Trinajstić information content (AvgIpc) is 3.09. The molecule has 0 aromatic carbocycles. The Balaban J connectivity index is 1.50. The number of rotatable bonds is 1. The number of piperidine rings is 2. The summed E-state index contributed by atoms with van der Waals surface area (Å²) in [6.07, 6.45) is 8.70. The SMILES string of the molecule is O=C1C2CC2C2CCC(c3ncc4c(Cl)nccn34)CN12. The maximum atomic E-state index is 12.3. The second-order valence-corrected chi connectivity index (χ2v) is 6.79. The maximum Gasteiger partial charge on any atom is 0.226 e. The van der Waals surface area contributed by atoms with Gasteiger partial charge < -0.3 is 4.90 Å². The van der Waals surface area contributed by atoms with Crippen LogP contribution in [0.1, 0.15) is 31.0 Å². The third-order valence-corrected chi connectivity index (χ3v) is 5.66. The predicted octanol–water partition coefficient (Wildman–Crippen LogP) is 2.11. The molecule has 0 radical (unpaired) electrons. The highest BCUT2D eigenvalue weighted by Gasteiger charge is 2.59. The van der Waals surface area contributed by atoms with E-state index in [0.29, 0.717) is 34.9 Å². The second-order valence-electron chi connectivity index (χ2n) is 6.43. The van der Waals surface area contributed by atoms with Gasteiger partial charge in [-0.25, -0.2) is 9.97 Å². The molecule has 3 aliphatic rings. The van der Waals surface area contributed by atoms with Crippen molar-refractivity contribution in [2.24, 2.45) is 11.8 Å². The summed E-state index contributed by atoms with van der Waals surface area (Å²) in [6.45, 7) is 0.801. The van der Waals surface area contributed by atoms with E-state index < -0.39 is 0 Å². The molecule has 21 heavy (non-hydrogen) atoms. The van der Waals surface area contributed by atoms with Crippen molar-refractivity contribution >= 4 is 23.0 Å². The van der Waals surface area contributed by atoms with Crippen LogP contribution in [0.5, 0.6) is 0 Å². The van der Waals surface area contributed by atoms with Crippen LogP contribution in [0.3, 0.4) is 0 Å². The van der Waals surface area contributed by atoms with Crippen LogP contribution in [0.25, 0.3) is 5.52 Å². The van der Waals surface area contributed by atoms with E-state index in [0.717, 1.165) is 37.1 Å². The van der Waals surface area contributed by atoms with Crippen molar-refractivity contribution in [1.82, 2.24) is 19.3 Å². The highest BCUT2D eigenvalue weighted by Crippen LogP contribution is 2.54. The van der Waals surface area contributed by atoms with Crippen LogP contribution in [-0.2, 0) is 4.79 Å². The van der Waals surface area contributed by atoms with Gasteiger partial charge in [0.05, 0.1) is 6.20 Å². The smallest absolute Gasteiger partial charge is 0.226 e. The van der Waals surface area contributed by atoms with Crippen molar-refractivity contribution in [3.8, 4) is 0 Å². The molecule has 6 heteroatoms. The van der Waals surface area contributed by atoms with Gasteiger partial charge in [0.15, 0.2) is 5.15 Å². The first kappa shape index (κ1) is 12.0. The third kappa shape index (κ3) is 1.55. The van der Waals surface area contributed by atoms with Crippen LogP contribution in [0.2, 0.25) is 5.15 Å². The fourth-order valence-electron chi connectivity index (χ4n) is 4.26. The standard InChI is InChI=1S/C15H15ClN4O/c16-13-12-6-18-14(19(12)4-3-17-13)8-1-2-11-9-5-10(9)15(21)20(11)7-8/h3-4,6,8-11H,1-2,5,7H2. The van der Waals surface area contributed by atoms with Crippen molar-refractivity contribution in [2.75, 3.05) is 6.54 Å². The summed E-state index contributed by atoms with van der Waals surface area (Å²) in [6, 6.07) is 0.496. The summed E-state index contributed by atoms with van der Waals surface area (Å²) in [5.74, 6) is 2.65. The van der Waals surface area contributed by atoms with Crippen LogP contribution >= 0.6 is 11.6 Å². The number of nitrogens with zero attached hydrogens (tertiary/aromatic N) is 4. The average molecular weight is 303 g/mol. The summed E-state index contributed by atoms with van der Waals surface area (Å²) in [4.78, 5) is 23.0. The molecule has 1 aliphatic carbocycles. The lowest BCUT2D eigenvalue weighted by Crippen LogP contribution is -2.43. The largest absolute Gasteiger partial charge is 0.338 e. The Morgan fingerprint density at radius 3 is 3.10 bits per heavy atom. The lowest BCUT2D eigenvalue weighted by Gasteiger charge is -2.36. The Hall–Kier alpha value is -1.62. The Morgan fingerprint density at radius 2 is 2.19 bits per heavy atom. The molecule has 5 nitrogen and oxygen atoms in total. The molecule has 108 valence electrons. The number of aromatic nitrogens is 3. The molecule has 4 atom stereocenters. The first-order chi connectivity index (χ1) is 10.2. The maximum absolute atomic E-state index is 12.3. The first-order valence-corrected chi connectivity index (χ1v) is 7.90. The van der Waals surface area contributed by atoms with E-state index in [4.69, 9.17) is 11.6 Å². The van der Waals surface area contributed by atoms with Crippen molar-refractivity contribution in [2.45, 2.75) is 31.2 Å². The fraction of sp³-hybridized carbons (Fsp3) is 0.533. The first-order valence-electron chi connectivity index (χ1n) is 7.52. The molecular formula is C15H15ClN4O. The van der Waals surface area contributed by atoms with Crippen molar-refractivity contribution in [1.29, 1.82) is 0 Å². The zero-order valence-corrected chi connectivity index (χ0v) is 12.2. The molecule has 2 aromatic rings. The van der Waals surface area contributed by atoms with Gasteiger partial charge in [-0.3, -0.25) is 9.20 Å². The summed E-state index contributed by atoms with van der Waals surface area (Å²) < 4.78 is 2.02. The number of carbonyl (C=O) groups is 1. The van der Waals surface area contributed by atoms with E-state index in [-0.39, 0.29) is 0 Å². The van der Waals surface area contributed by atoms with Gasteiger partial charge in [-0.15, -0.1) is 0 Å². The topological polar surface area (TPSA) is 50.5 Å². The molecule has 0 N–H and O–H groups in total. The molecule has 4 unspecified atom stereocenters. The Bertz CT molecular complexity index is 757. The number of hydrogen-bond donors (Lipinski definition) is 0. The number of hydrogen-bond acceptors (Lipinski definition) is 3. The highest BCUT2D eigenvalue weighted by molar-refractivity contribution is 6.32. The number of fused-ring (bicyclic) bond motifs is 4. The summed E-state index contributed by atoms with van der Waals surface area (Å²) in [7, 11) is 0. The third-order valence-electron chi connectivity index (χ3n) is 5.37. The molecule has 0 bridgehead atoms. The van der Waals surface area contributed by atoms with Gasteiger partial charge in [0.1, 0.15) is 11.3 Å². The minimum atomic E-state index is 0.295. The van der Waals surface area contributed by atoms with E-state index >= 15 is 0 Å². The Morgan fingerprint density at radius 1 is 1.29 bits per heavy atom. The van der Waals surface area contributed by atoms with Crippen LogP contribution in [0.4, 0.5) is 0 Å². The van der Waals surface area contributed by atoms with E-state index in [1.54, 1.807) is 12.4 Å². The van der Waals surface area contributed by atoms with Gasteiger partial charge in [0, 0.05) is 36.8 Å². The van der Waals surface area contributed by atoms with Crippen LogP contribution < -0.4 is 0 Å². The minimum absolute atomic E-state index is 0.295. The van der Waals surface area contributed by atoms with Gasteiger partial charge in [0.2, 0.25) is 5.91 Å². The quantitative estimate of drug-likeness (QED) is 0.810. The van der Waals surface area contributed by atoms with Crippen molar-refractivity contribution in [3.05, 3.63) is 29.6 Å². The van der Waals surface area contributed by atoms with E-state index in [1.807, 2.05) is 10.6 Å². The van der Waals surface area contributed by atoms with Crippen LogP contribution in [0, 0.1) is 11.8 Å². The van der Waals surface area contributed by atoms with Gasteiger partial charge in [0.25, 0.3) is 0 Å². The molecule has 0 spiro atoms. The van der Waals surface area contributed by atoms with Crippen molar-refractivity contribution < 1.29 is 4.79 Å². The van der Waals surface area contributed by atoms with E-state index in [1.165, 1.54) is 0 Å². The molecule has 1 saturated carbocycles. The normalized spacial score (nSPS) is 34.1. The number of halogens is 1. The van der Waals surface area contributed by atoms with Gasteiger partial charge in [-0.1, -0.05) is 11.6 Å². The van der Waals surface area contributed by atoms with Crippen molar-refractivity contribution in [3.63, 3.8) is 0 Å². The summed E-state index contributed by atoms with van der Waals surface area (Å²) in [5, 5.41) is 0.475. The van der Waals surface area contributed by atoms with E-state index in [9.17, 15) is 4.79 Å². The highest BCUT2D eigenvalue weighted by atomic mass is 35.5. The number of carbonyl (C=O) groups excluding carboxylic acids is 1. The Labute approximate surface area is 126 Å². The lowest BCUT2D eigenvalue weighted by atomic mass is 9.91.